The van der Waals surface area contributed by atoms with E-state index in [2.05, 4.69) is 69.1 Å². The van der Waals surface area contributed by atoms with Gasteiger partial charge in [0.1, 0.15) is 41.0 Å². The molecule has 0 aliphatic carbocycles. The molecule has 380 valence electrons. The number of nitrogens with one attached hydrogen (secondary N) is 1. The molecule has 4 aromatic heterocycles. The molecule has 0 aliphatic rings. The van der Waals surface area contributed by atoms with E-state index in [0.29, 0.717) is 57.7 Å². The van der Waals surface area contributed by atoms with Crippen molar-refractivity contribution in [2.45, 2.75) is 78.9 Å². The average Bonchev–Trinajstić information content (AvgIpc) is 3.89. The second-order valence-corrected chi connectivity index (χ2v) is 28.6. The van der Waals surface area contributed by atoms with Gasteiger partial charge in [-0.05, 0) is 44.0 Å². The molecular weight excluding hydrogens is 1050 g/mol. The van der Waals surface area contributed by atoms with E-state index in [0.717, 1.165) is 44.5 Å². The van der Waals surface area contributed by atoms with E-state index in [9.17, 15) is 14.0 Å². The number of aromatic nitrogens is 6. The van der Waals surface area contributed by atoms with Gasteiger partial charge in [0.15, 0.2) is 25.7 Å². The number of H-pyrrole nitrogens is 1. The Morgan fingerprint density at radius 3 is 1.62 bits per heavy atom. The zero-order chi connectivity index (χ0) is 53.6. The van der Waals surface area contributed by atoms with Gasteiger partial charge in [-0.1, -0.05) is 111 Å². The zero-order valence-electron chi connectivity index (χ0n) is 44.7. The van der Waals surface area contributed by atoms with Crippen LogP contribution in [0.2, 0.25) is 61.7 Å². The number of benzene rings is 2. The summed E-state index contributed by atoms with van der Waals surface area (Å²) in [6.07, 6.45) is 6.17. The molecule has 0 saturated carbocycles. The minimum atomic E-state index is -1.16. The number of carbonyl (C=O) groups is 3. The number of fused-ring (bicyclic) bond motifs is 2. The SMILES string of the molecule is CCOCC[Si](C)(C)C.C[N+](=O)[O-].C[N+](=O)[O-].Cc1ccccc1C(=O)c1c[nH]c2ncnc(Cl)c12.Cc1ccccc1C(=O)c1cn(COCC[Si](C)(C)C)c2ncnc(Cl)c12.O=CO[O-].[2H]CF.[H-].[K+].[K+]. The summed E-state index contributed by atoms with van der Waals surface area (Å²) >= 11 is 12.4. The van der Waals surface area contributed by atoms with Crippen molar-refractivity contribution >= 4 is 79.5 Å². The van der Waals surface area contributed by atoms with Crippen LogP contribution in [-0.4, -0.2) is 115 Å². The molecule has 0 spiro atoms. The van der Waals surface area contributed by atoms with Crippen LogP contribution >= 0.6 is 23.2 Å². The first-order valence-electron chi connectivity index (χ1n) is 21.6. The van der Waals surface area contributed by atoms with Crippen LogP contribution in [0.5, 0.6) is 0 Å². The van der Waals surface area contributed by atoms with Crippen molar-refractivity contribution in [2.24, 2.45) is 0 Å². The third-order valence-electron chi connectivity index (χ3n) is 8.77. The van der Waals surface area contributed by atoms with Crippen molar-refractivity contribution in [3.63, 3.8) is 0 Å². The molecule has 2 aromatic carbocycles. The number of nitrogens with zero attached hydrogens (tertiary/aromatic N) is 7. The second kappa shape index (κ2) is 38.9. The van der Waals surface area contributed by atoms with Crippen molar-refractivity contribution in [1.82, 2.24) is 29.5 Å². The molecule has 19 nitrogen and oxygen atoms in total. The first-order valence-corrected chi connectivity index (χ1v) is 29.1. The minimum Gasteiger partial charge on any atom is -1.00 e. The molecular formula is C45H63Cl2FK2N8O11Si2. The molecule has 6 rings (SSSR count). The Kier molecular flexibility index (Phi) is 38.6. The fourth-order valence-electron chi connectivity index (χ4n) is 5.47. The fourth-order valence-corrected chi connectivity index (χ4v) is 7.45. The maximum Gasteiger partial charge on any atom is 1.00 e. The van der Waals surface area contributed by atoms with E-state index in [4.69, 9.17) is 64.3 Å². The van der Waals surface area contributed by atoms with Gasteiger partial charge >= 0.3 is 103 Å². The summed E-state index contributed by atoms with van der Waals surface area (Å²) in [5.41, 5.74) is 5.32. The van der Waals surface area contributed by atoms with Gasteiger partial charge in [0.05, 0.1) is 30.4 Å². The Balaban J connectivity index is -0.000000450. The van der Waals surface area contributed by atoms with Gasteiger partial charge in [-0.3, -0.25) is 39.0 Å². The van der Waals surface area contributed by atoms with Crippen LogP contribution in [0.15, 0.2) is 73.6 Å². The number of hydrogen-bond donors (Lipinski definition) is 1. The van der Waals surface area contributed by atoms with Crippen LogP contribution in [0.3, 0.4) is 0 Å². The largest absolute Gasteiger partial charge is 1.00 e. The molecule has 4 heterocycles. The van der Waals surface area contributed by atoms with Crippen molar-refractivity contribution in [3.05, 3.63) is 137 Å². The first kappa shape index (κ1) is 70.5. The molecule has 0 aliphatic heterocycles. The van der Waals surface area contributed by atoms with Crippen LogP contribution in [0.25, 0.3) is 22.1 Å². The van der Waals surface area contributed by atoms with Gasteiger partial charge in [-0.2, -0.15) is 0 Å². The predicted octanol–water partition coefficient (Wildman–Crippen LogP) is 3.37. The van der Waals surface area contributed by atoms with Gasteiger partial charge in [0.2, 0.25) is 0 Å². The predicted molar refractivity (Wildman–Crippen MR) is 271 cm³/mol. The van der Waals surface area contributed by atoms with Crippen LogP contribution in [-0.2, 0) is 25.9 Å². The Bertz CT molecular complexity index is 2560. The van der Waals surface area contributed by atoms with Gasteiger partial charge in [-0.15, -0.1) is 0 Å². The minimum absolute atomic E-state index is 0. The quantitative estimate of drug-likeness (QED) is 0.0240. The van der Waals surface area contributed by atoms with Crippen LogP contribution in [0.4, 0.5) is 4.39 Å². The van der Waals surface area contributed by atoms with Crippen molar-refractivity contribution in [1.29, 1.82) is 0 Å². The molecule has 0 amide bonds. The van der Waals surface area contributed by atoms with E-state index < -0.39 is 33.1 Å². The summed E-state index contributed by atoms with van der Waals surface area (Å²) in [4.78, 5) is 72.9. The molecule has 0 bridgehead atoms. The van der Waals surface area contributed by atoms with Gasteiger partial charge in [0.25, 0.3) is 6.47 Å². The van der Waals surface area contributed by atoms with E-state index in [1.165, 1.54) is 18.7 Å². The number of carbonyl (C=O) groups excluding carboxylic acids is 3. The Morgan fingerprint density at radius 1 is 0.789 bits per heavy atom. The average molecular weight is 1120 g/mol. The monoisotopic (exact) mass is 1120 g/mol. The van der Waals surface area contributed by atoms with Gasteiger partial charge in [0, 0.05) is 69.3 Å². The molecule has 26 heteroatoms. The maximum atomic E-state index is 13.1. The van der Waals surface area contributed by atoms with E-state index in [1.54, 1.807) is 18.5 Å². The van der Waals surface area contributed by atoms with Crippen LogP contribution in [0.1, 0.15) is 52.7 Å². The number of alkyl halides is 1. The van der Waals surface area contributed by atoms with Gasteiger partial charge in [-0.25, -0.2) is 19.9 Å². The topological polar surface area (TPSA) is 261 Å². The van der Waals surface area contributed by atoms with Crippen molar-refractivity contribution < 1.29 is 154 Å². The van der Waals surface area contributed by atoms with E-state index in [-0.39, 0.29) is 133 Å². The number of halogens is 3. The maximum absolute atomic E-state index is 13.1. The van der Waals surface area contributed by atoms with E-state index >= 15 is 0 Å². The molecule has 0 unspecified atom stereocenters. The number of rotatable bonds is 14. The number of ether oxygens (including phenoxy) is 2. The number of aryl methyl sites for hydroxylation is 2. The Hall–Kier alpha value is -2.61. The summed E-state index contributed by atoms with van der Waals surface area (Å²) < 4.78 is 28.4. The molecule has 71 heavy (non-hydrogen) atoms. The number of ketones is 2. The number of hydrogen-bond acceptors (Lipinski definition) is 15. The number of aromatic amines is 1. The third kappa shape index (κ3) is 29.2. The molecule has 1 N–H and O–H groups in total. The van der Waals surface area contributed by atoms with E-state index in [1.807, 2.05) is 67.8 Å². The van der Waals surface area contributed by atoms with Crippen LogP contribution < -0.4 is 108 Å². The molecule has 0 atom stereocenters. The summed E-state index contributed by atoms with van der Waals surface area (Å²) in [6.45, 7) is 22.6. The standard InChI is InChI=1S/C20H24ClN3O2Si.C14H10ClN3O.C7H18OSi.CH3F.2CH3NO2.CH2O3.2K.H/c1-14-7-5-6-8-15(14)18(25)16-11-24(13-26-9-10-27(2,3)4)20-17(16)19(21)22-12-23-20;1-8-4-2-3-5-9(8)12(19)10-6-16-14-11(10)13(15)17-7-18-14;1-5-8-6-7-9(2,3)4;1-2;2*1-2(3)4;2-1-4-3;;;/h5-8,11-12H,9-10,13H2,1-4H3;2-7H,1H3,(H,16,17,18);5-7H2,1-4H3;1H3;2*1H3;1,3H;;;/q;;;;;;;2*+1;-1/p-1/i;;;1D;;;;;;. The summed E-state index contributed by atoms with van der Waals surface area (Å²) in [6, 6.07) is 17.3. The third-order valence-corrected chi connectivity index (χ3v) is 12.7. The number of nitro groups is 2. The molecule has 0 radical (unpaired) electrons. The normalized spacial score (nSPS) is 10.2. The molecule has 0 fully saturated rings. The van der Waals surface area contributed by atoms with Crippen molar-refractivity contribution in [3.8, 4) is 0 Å². The van der Waals surface area contributed by atoms with Crippen LogP contribution in [0, 0.1) is 34.1 Å². The zero-order valence-corrected chi connectivity index (χ0v) is 52.5. The molecule has 6 aromatic rings. The Labute approximate surface area is 513 Å². The smallest absolute Gasteiger partial charge is 1.00 e. The summed E-state index contributed by atoms with van der Waals surface area (Å²) in [7, 11) is -1.20. The van der Waals surface area contributed by atoms with Gasteiger partial charge < -0.3 is 30.6 Å². The van der Waals surface area contributed by atoms with Crippen molar-refractivity contribution in [2.75, 3.05) is 41.1 Å². The second-order valence-electron chi connectivity index (χ2n) is 16.7. The molecule has 0 saturated heterocycles. The summed E-state index contributed by atoms with van der Waals surface area (Å²) in [5.74, 6) is -0.170. The fraction of sp³-hybridized carbons (Fsp3) is 0.400. The summed E-state index contributed by atoms with van der Waals surface area (Å²) in [5, 5.41) is 27.7. The first-order chi connectivity index (χ1) is 32.8. The Morgan fingerprint density at radius 2 is 1.20 bits per heavy atom.